The highest BCUT2D eigenvalue weighted by Crippen LogP contribution is 2.39. The predicted molar refractivity (Wildman–Crippen MR) is 131 cm³/mol. The van der Waals surface area contributed by atoms with Gasteiger partial charge in [0.15, 0.2) is 0 Å². The largest absolute Gasteiger partial charge is 0.383 e. The lowest BCUT2D eigenvalue weighted by Gasteiger charge is -2.31. The number of nitrogens with zero attached hydrogens (tertiary/aromatic N) is 3. The normalized spacial score (nSPS) is 22.6. The van der Waals surface area contributed by atoms with Gasteiger partial charge in [-0.15, -0.1) is 0 Å². The van der Waals surface area contributed by atoms with Crippen molar-refractivity contribution in [2.75, 3.05) is 19.0 Å². The monoisotopic (exact) mass is 474 g/mol. The first kappa shape index (κ1) is 24.0. The zero-order valence-electron chi connectivity index (χ0n) is 19.9. The van der Waals surface area contributed by atoms with Crippen molar-refractivity contribution >= 4 is 23.4 Å². The Morgan fingerprint density at radius 3 is 2.70 bits per heavy atom. The summed E-state index contributed by atoms with van der Waals surface area (Å²) in [5, 5.41) is 14.7. The maximum atomic E-state index is 12.6. The lowest BCUT2D eigenvalue weighted by molar-refractivity contribution is 0.160. The number of hydrogen-bond donors (Lipinski definition) is 3. The molecule has 1 aliphatic carbocycles. The number of amides is 2. The van der Waals surface area contributed by atoms with E-state index in [-0.39, 0.29) is 17.5 Å². The maximum absolute atomic E-state index is 12.6. The molecule has 0 bridgehead atoms. The molecule has 180 valence electrons. The number of hydrogen-bond acceptors (Lipinski definition) is 5. The van der Waals surface area contributed by atoms with Crippen LogP contribution >= 0.6 is 11.6 Å². The molecule has 2 aromatic rings. The first-order valence-electron chi connectivity index (χ1n) is 11.8. The van der Waals surface area contributed by atoms with E-state index in [1.54, 1.807) is 13.3 Å². The fraction of sp³-hybridized carbons (Fsp3) is 0.625. The smallest absolute Gasteiger partial charge is 0.320 e. The van der Waals surface area contributed by atoms with Gasteiger partial charge in [0.2, 0.25) is 0 Å². The van der Waals surface area contributed by atoms with E-state index in [0.717, 1.165) is 49.8 Å². The van der Waals surface area contributed by atoms with E-state index in [4.69, 9.17) is 16.3 Å². The van der Waals surface area contributed by atoms with E-state index in [1.165, 1.54) is 5.69 Å². The van der Waals surface area contributed by atoms with E-state index in [0.29, 0.717) is 29.5 Å². The molecule has 2 amide bonds. The van der Waals surface area contributed by atoms with Crippen molar-refractivity contribution in [1.82, 2.24) is 25.4 Å². The second-order valence-electron chi connectivity index (χ2n) is 10.2. The molecule has 8 nitrogen and oxygen atoms in total. The number of aromatic nitrogens is 3. The van der Waals surface area contributed by atoms with Crippen molar-refractivity contribution in [2.45, 2.75) is 77.5 Å². The van der Waals surface area contributed by atoms with Gasteiger partial charge in [0.1, 0.15) is 5.82 Å². The van der Waals surface area contributed by atoms with Crippen molar-refractivity contribution in [2.24, 2.45) is 5.41 Å². The minimum absolute atomic E-state index is 0.161. The minimum Gasteiger partial charge on any atom is -0.383 e. The van der Waals surface area contributed by atoms with Gasteiger partial charge in [-0.1, -0.05) is 25.4 Å². The Labute approximate surface area is 200 Å². The molecular weight excluding hydrogens is 440 g/mol. The molecule has 1 atom stereocenters. The molecule has 2 aromatic heterocycles. The van der Waals surface area contributed by atoms with Gasteiger partial charge in [-0.2, -0.15) is 5.10 Å². The third kappa shape index (κ3) is 5.86. The third-order valence-electron chi connectivity index (χ3n) is 6.56. The number of methoxy groups -OCH3 is 1. The lowest BCUT2D eigenvalue weighted by atomic mass is 9.89. The number of urea groups is 1. The summed E-state index contributed by atoms with van der Waals surface area (Å²) in [6, 6.07) is 2.57. The standard InChI is InChI=1S/C24H35ClN6O2/c1-15(13-33-4)28-16-5-7-17(8-6-16)29-23(32)30-22-9-18(20(25)12-26-22)19-11-27-31-14-24(2,3)10-21(19)31/h9,11-12,15-17,28H,5-8,10,13-14H2,1-4H3,(H2,26,29,30,32). The van der Waals surface area contributed by atoms with Crippen LogP contribution in [0, 0.1) is 5.41 Å². The number of carbonyl (C=O) groups excluding carboxylic acids is 1. The molecule has 0 aromatic carbocycles. The van der Waals surface area contributed by atoms with Gasteiger partial charge >= 0.3 is 6.03 Å². The Morgan fingerprint density at radius 1 is 1.24 bits per heavy atom. The third-order valence-corrected chi connectivity index (χ3v) is 6.86. The fourth-order valence-electron chi connectivity index (χ4n) is 5.03. The first-order valence-corrected chi connectivity index (χ1v) is 12.1. The number of anilines is 1. The molecule has 3 N–H and O–H groups in total. The predicted octanol–water partition coefficient (Wildman–Crippen LogP) is 4.24. The van der Waals surface area contributed by atoms with Gasteiger partial charge in [0, 0.05) is 54.8 Å². The van der Waals surface area contributed by atoms with Crippen molar-refractivity contribution in [1.29, 1.82) is 0 Å². The van der Waals surface area contributed by atoms with Crippen molar-refractivity contribution in [3.05, 3.63) is 29.2 Å². The van der Waals surface area contributed by atoms with Gasteiger partial charge in [-0.05, 0) is 50.5 Å². The van der Waals surface area contributed by atoms with Crippen LogP contribution in [-0.4, -0.2) is 52.6 Å². The molecule has 1 unspecified atom stereocenters. The SMILES string of the molecule is COCC(C)NC1CCC(NC(=O)Nc2cc(-c3cnn4c3CC(C)(C)C4)c(Cl)cn2)CC1. The Balaban J connectivity index is 1.34. The van der Waals surface area contributed by atoms with E-state index >= 15 is 0 Å². The average molecular weight is 475 g/mol. The summed E-state index contributed by atoms with van der Waals surface area (Å²) in [4.78, 5) is 16.9. The highest BCUT2D eigenvalue weighted by atomic mass is 35.5. The zero-order valence-corrected chi connectivity index (χ0v) is 20.7. The fourth-order valence-corrected chi connectivity index (χ4v) is 5.23. The number of nitrogens with one attached hydrogen (secondary N) is 3. The summed E-state index contributed by atoms with van der Waals surface area (Å²) in [6.07, 6.45) is 8.35. The average Bonchev–Trinajstić information content (AvgIpc) is 3.26. The van der Waals surface area contributed by atoms with Gasteiger partial charge in [-0.25, -0.2) is 9.78 Å². The van der Waals surface area contributed by atoms with E-state index in [1.807, 2.05) is 16.9 Å². The van der Waals surface area contributed by atoms with Crippen LogP contribution in [0.15, 0.2) is 18.5 Å². The molecule has 3 heterocycles. The summed E-state index contributed by atoms with van der Waals surface area (Å²) in [7, 11) is 1.72. The molecule has 0 radical (unpaired) electrons. The maximum Gasteiger partial charge on any atom is 0.320 e. The number of fused-ring (bicyclic) bond motifs is 1. The molecule has 33 heavy (non-hydrogen) atoms. The van der Waals surface area contributed by atoms with Crippen LogP contribution in [0.1, 0.15) is 52.1 Å². The van der Waals surface area contributed by atoms with Crippen molar-refractivity contribution < 1.29 is 9.53 Å². The van der Waals surface area contributed by atoms with Crippen LogP contribution in [0.4, 0.5) is 10.6 Å². The molecule has 0 spiro atoms. The number of rotatable bonds is 7. The Hall–Kier alpha value is -2.16. The Kier molecular flexibility index (Phi) is 7.26. The topological polar surface area (TPSA) is 93.1 Å². The molecule has 0 saturated heterocycles. The highest BCUT2D eigenvalue weighted by Gasteiger charge is 2.32. The Bertz CT molecular complexity index is 983. The molecule has 1 aliphatic heterocycles. The molecule has 1 fully saturated rings. The quantitative estimate of drug-likeness (QED) is 0.558. The molecular formula is C24H35ClN6O2. The van der Waals surface area contributed by atoms with Gasteiger partial charge in [0.25, 0.3) is 0 Å². The van der Waals surface area contributed by atoms with Crippen LogP contribution in [0.2, 0.25) is 5.02 Å². The van der Waals surface area contributed by atoms with Gasteiger partial charge in [-0.3, -0.25) is 10.00 Å². The van der Waals surface area contributed by atoms with Gasteiger partial charge in [0.05, 0.1) is 17.8 Å². The van der Waals surface area contributed by atoms with Crippen LogP contribution in [0.5, 0.6) is 0 Å². The van der Waals surface area contributed by atoms with Crippen LogP contribution in [0.3, 0.4) is 0 Å². The number of carbonyl (C=O) groups is 1. The zero-order chi connectivity index (χ0) is 23.6. The first-order chi connectivity index (χ1) is 15.7. The molecule has 2 aliphatic rings. The lowest BCUT2D eigenvalue weighted by Crippen LogP contribution is -2.46. The van der Waals surface area contributed by atoms with Crippen LogP contribution in [0.25, 0.3) is 11.1 Å². The summed E-state index contributed by atoms with van der Waals surface area (Å²) in [6.45, 7) is 8.20. The number of pyridine rings is 1. The van der Waals surface area contributed by atoms with E-state index in [9.17, 15) is 4.79 Å². The number of halogens is 1. The second-order valence-corrected chi connectivity index (χ2v) is 10.6. The van der Waals surface area contributed by atoms with E-state index in [2.05, 4.69) is 46.8 Å². The van der Waals surface area contributed by atoms with Crippen molar-refractivity contribution in [3.8, 4) is 11.1 Å². The Morgan fingerprint density at radius 2 is 1.97 bits per heavy atom. The van der Waals surface area contributed by atoms with Crippen LogP contribution in [-0.2, 0) is 17.7 Å². The summed E-state index contributed by atoms with van der Waals surface area (Å²) in [5.74, 6) is 0.479. The summed E-state index contributed by atoms with van der Waals surface area (Å²) in [5.41, 5.74) is 3.20. The van der Waals surface area contributed by atoms with E-state index < -0.39 is 0 Å². The summed E-state index contributed by atoms with van der Waals surface area (Å²) < 4.78 is 7.25. The number of ether oxygens (including phenoxy) is 1. The van der Waals surface area contributed by atoms with Gasteiger partial charge < -0.3 is 15.4 Å². The molecule has 4 rings (SSSR count). The molecule has 1 saturated carbocycles. The second kappa shape index (κ2) is 9.99. The molecule has 9 heteroatoms. The summed E-state index contributed by atoms with van der Waals surface area (Å²) >= 11 is 6.48. The highest BCUT2D eigenvalue weighted by molar-refractivity contribution is 6.33. The minimum atomic E-state index is -0.235. The van der Waals surface area contributed by atoms with Crippen molar-refractivity contribution in [3.63, 3.8) is 0 Å². The van der Waals surface area contributed by atoms with Crippen LogP contribution < -0.4 is 16.0 Å².